The van der Waals surface area contributed by atoms with E-state index in [1.54, 1.807) is 0 Å². The largest absolute Gasteiger partial charge is 0.469 e. The van der Waals surface area contributed by atoms with E-state index < -0.39 is 7.82 Å². The molecule has 1 aliphatic rings. The van der Waals surface area contributed by atoms with Crippen LogP contribution in [0, 0.1) is 5.92 Å². The van der Waals surface area contributed by atoms with Crippen LogP contribution in [0.4, 0.5) is 11.4 Å². The SMILES string of the molecule is CCC1OC(N(C)C)C(OCc2ccc(N=Nc3ccccc3)cc2)C1C.COP(=O)(O)O. The van der Waals surface area contributed by atoms with Crippen LogP contribution < -0.4 is 0 Å². The number of likely N-dealkylation sites (N-methyl/N-ethyl adjacent to an activating group) is 1. The first-order valence-electron chi connectivity index (χ1n) is 10.7. The zero-order chi connectivity index (χ0) is 24.4. The number of rotatable bonds is 8. The van der Waals surface area contributed by atoms with Gasteiger partial charge in [-0.3, -0.25) is 9.42 Å². The van der Waals surface area contributed by atoms with E-state index in [9.17, 15) is 4.57 Å². The van der Waals surface area contributed by atoms with Gasteiger partial charge in [-0.2, -0.15) is 10.2 Å². The third-order valence-corrected chi connectivity index (χ3v) is 5.74. The lowest BCUT2D eigenvalue weighted by Gasteiger charge is -2.26. The van der Waals surface area contributed by atoms with Gasteiger partial charge in [-0.05, 0) is 50.3 Å². The lowest BCUT2D eigenvalue weighted by Crippen LogP contribution is -2.39. The second kappa shape index (κ2) is 13.1. The van der Waals surface area contributed by atoms with Gasteiger partial charge in [-0.15, -0.1) is 0 Å². The molecule has 1 fully saturated rings. The van der Waals surface area contributed by atoms with E-state index in [1.165, 1.54) is 0 Å². The predicted molar refractivity (Wildman–Crippen MR) is 126 cm³/mol. The maximum Gasteiger partial charge on any atom is 0.469 e. The van der Waals surface area contributed by atoms with Gasteiger partial charge >= 0.3 is 7.82 Å². The zero-order valence-corrected chi connectivity index (χ0v) is 20.6. The van der Waals surface area contributed by atoms with E-state index in [0.29, 0.717) is 12.5 Å². The molecule has 182 valence electrons. The molecule has 0 aromatic heterocycles. The molecule has 4 atom stereocenters. The molecular weight excluding hydrogens is 445 g/mol. The first kappa shape index (κ1) is 27.3. The molecule has 2 aromatic rings. The van der Waals surface area contributed by atoms with E-state index in [0.717, 1.165) is 30.5 Å². The summed E-state index contributed by atoms with van der Waals surface area (Å²) in [5.74, 6) is 0.376. The summed E-state index contributed by atoms with van der Waals surface area (Å²) in [4.78, 5) is 17.5. The van der Waals surface area contributed by atoms with Crippen molar-refractivity contribution in [2.45, 2.75) is 45.3 Å². The predicted octanol–water partition coefficient (Wildman–Crippen LogP) is 5.05. The van der Waals surface area contributed by atoms with Crippen molar-refractivity contribution in [2.75, 3.05) is 21.2 Å². The topological polar surface area (TPSA) is 113 Å². The zero-order valence-electron chi connectivity index (χ0n) is 19.7. The number of hydrogen-bond donors (Lipinski definition) is 2. The summed E-state index contributed by atoms with van der Waals surface area (Å²) in [6.45, 7) is 4.95. The van der Waals surface area contributed by atoms with E-state index in [-0.39, 0.29) is 18.4 Å². The molecule has 10 heteroatoms. The molecule has 0 bridgehead atoms. The summed E-state index contributed by atoms with van der Waals surface area (Å²) in [5, 5.41) is 8.52. The van der Waals surface area contributed by atoms with Crippen LogP contribution in [0.25, 0.3) is 0 Å². The van der Waals surface area contributed by atoms with Crippen LogP contribution in [0.1, 0.15) is 25.8 Å². The Morgan fingerprint density at radius 2 is 1.58 bits per heavy atom. The van der Waals surface area contributed by atoms with E-state index >= 15 is 0 Å². The summed E-state index contributed by atoms with van der Waals surface area (Å²) in [7, 11) is 0.879. The Kier molecular flexibility index (Phi) is 10.8. The molecule has 0 spiro atoms. The summed E-state index contributed by atoms with van der Waals surface area (Å²) >= 11 is 0. The summed E-state index contributed by atoms with van der Waals surface area (Å²) < 4.78 is 25.5. The molecule has 0 saturated carbocycles. The number of azo groups is 1. The van der Waals surface area contributed by atoms with Gasteiger partial charge in [0, 0.05) is 13.0 Å². The number of hydrogen-bond acceptors (Lipinski definition) is 7. The Hall–Kier alpha value is -1.97. The van der Waals surface area contributed by atoms with Crippen molar-refractivity contribution in [3.63, 3.8) is 0 Å². The molecule has 0 amide bonds. The van der Waals surface area contributed by atoms with Gasteiger partial charge in [0.2, 0.25) is 0 Å². The second-order valence-electron chi connectivity index (χ2n) is 7.95. The van der Waals surface area contributed by atoms with Crippen LogP contribution in [0.5, 0.6) is 0 Å². The van der Waals surface area contributed by atoms with Crippen LogP contribution in [0.15, 0.2) is 64.8 Å². The van der Waals surface area contributed by atoms with Gasteiger partial charge < -0.3 is 19.3 Å². The summed E-state index contributed by atoms with van der Waals surface area (Å²) in [5.41, 5.74) is 2.80. The number of phosphoric acid groups is 1. The van der Waals surface area contributed by atoms with Crippen LogP contribution in [0.3, 0.4) is 0 Å². The molecule has 1 aliphatic heterocycles. The standard InChI is InChI=1S/C22H29N3O2.CH5O4P/c1-5-20-16(2)21(22(27-20)25(3)4)26-15-17-11-13-19(14-12-17)24-23-18-9-7-6-8-10-18;1-5-6(2,3)4/h6-14,16,20-22H,5,15H2,1-4H3;1H3,(H2,2,3,4). The van der Waals surface area contributed by atoms with Crippen molar-refractivity contribution in [2.24, 2.45) is 16.1 Å². The second-order valence-corrected chi connectivity index (χ2v) is 9.29. The van der Waals surface area contributed by atoms with Crippen LogP contribution in [0.2, 0.25) is 0 Å². The van der Waals surface area contributed by atoms with Crippen molar-refractivity contribution in [1.29, 1.82) is 0 Å². The average molecular weight is 480 g/mol. The molecule has 1 heterocycles. The van der Waals surface area contributed by atoms with Crippen LogP contribution in [-0.2, 0) is 25.2 Å². The Labute approximate surface area is 195 Å². The highest BCUT2D eigenvalue weighted by molar-refractivity contribution is 7.46. The first-order chi connectivity index (χ1) is 15.6. The lowest BCUT2D eigenvalue weighted by atomic mass is 9.98. The number of ether oxygens (including phenoxy) is 2. The quantitative estimate of drug-likeness (QED) is 0.403. The van der Waals surface area contributed by atoms with Crippen molar-refractivity contribution >= 4 is 19.2 Å². The number of phosphoric ester groups is 1. The Bertz CT molecular complexity index is 904. The fourth-order valence-electron chi connectivity index (χ4n) is 3.43. The minimum Gasteiger partial charge on any atom is -0.369 e. The molecule has 0 aliphatic carbocycles. The maximum atomic E-state index is 9.47. The Morgan fingerprint density at radius 1 is 1.03 bits per heavy atom. The van der Waals surface area contributed by atoms with Gasteiger partial charge in [-0.1, -0.05) is 44.2 Å². The average Bonchev–Trinajstić information content (AvgIpc) is 3.13. The lowest BCUT2D eigenvalue weighted by molar-refractivity contribution is -0.0943. The Balaban J connectivity index is 0.000000569. The number of nitrogens with zero attached hydrogens (tertiary/aromatic N) is 3. The first-order valence-corrected chi connectivity index (χ1v) is 12.3. The smallest absolute Gasteiger partial charge is 0.369 e. The number of benzene rings is 2. The van der Waals surface area contributed by atoms with Gasteiger partial charge in [-0.25, -0.2) is 4.57 Å². The van der Waals surface area contributed by atoms with Gasteiger partial charge in [0.15, 0.2) is 0 Å². The van der Waals surface area contributed by atoms with Crippen molar-refractivity contribution < 1.29 is 28.3 Å². The minimum atomic E-state index is -4.15. The molecule has 3 rings (SSSR count). The Morgan fingerprint density at radius 3 is 2.06 bits per heavy atom. The highest BCUT2D eigenvalue weighted by atomic mass is 31.2. The molecule has 33 heavy (non-hydrogen) atoms. The molecular formula is C23H34N3O6P. The normalized spacial score (nSPS) is 23.0. The van der Waals surface area contributed by atoms with Gasteiger partial charge in [0.05, 0.1) is 24.1 Å². The van der Waals surface area contributed by atoms with Crippen molar-refractivity contribution in [3.05, 3.63) is 60.2 Å². The molecule has 4 unspecified atom stereocenters. The van der Waals surface area contributed by atoms with Gasteiger partial charge in [0.1, 0.15) is 12.3 Å². The maximum absolute atomic E-state index is 9.47. The van der Waals surface area contributed by atoms with Crippen LogP contribution >= 0.6 is 7.82 Å². The van der Waals surface area contributed by atoms with E-state index in [2.05, 4.69) is 33.5 Å². The monoisotopic (exact) mass is 479 g/mol. The highest BCUT2D eigenvalue weighted by Crippen LogP contribution is 2.34. The van der Waals surface area contributed by atoms with Gasteiger partial charge in [0.25, 0.3) is 0 Å². The van der Waals surface area contributed by atoms with Crippen molar-refractivity contribution in [1.82, 2.24) is 4.90 Å². The molecule has 0 radical (unpaired) electrons. The van der Waals surface area contributed by atoms with E-state index in [1.807, 2.05) is 68.7 Å². The highest BCUT2D eigenvalue weighted by Gasteiger charge is 2.42. The molecule has 1 saturated heterocycles. The third kappa shape index (κ3) is 9.06. The van der Waals surface area contributed by atoms with Crippen LogP contribution in [-0.4, -0.2) is 54.3 Å². The summed E-state index contributed by atoms with van der Waals surface area (Å²) in [6.07, 6.45) is 1.33. The van der Waals surface area contributed by atoms with Crippen molar-refractivity contribution in [3.8, 4) is 0 Å². The summed E-state index contributed by atoms with van der Waals surface area (Å²) in [6, 6.07) is 17.8. The third-order valence-electron chi connectivity index (χ3n) is 5.27. The molecule has 9 nitrogen and oxygen atoms in total. The van der Waals surface area contributed by atoms with E-state index in [4.69, 9.17) is 19.3 Å². The fraction of sp³-hybridized carbons (Fsp3) is 0.478. The molecule has 2 aromatic carbocycles. The minimum absolute atomic E-state index is 0.00361. The fourth-order valence-corrected chi connectivity index (χ4v) is 3.43. The molecule has 2 N–H and O–H groups in total.